The summed E-state index contributed by atoms with van der Waals surface area (Å²) in [6, 6.07) is 3.52. The Morgan fingerprint density at radius 1 is 1.43 bits per heavy atom. The van der Waals surface area contributed by atoms with Crippen LogP contribution in [0.5, 0.6) is 0 Å². The number of thioether (sulfide) groups is 1. The summed E-state index contributed by atoms with van der Waals surface area (Å²) in [4.78, 5) is 27.7. The number of non-ortho nitro benzene ring substituents is 1. The Kier molecular flexibility index (Phi) is 6.37. The van der Waals surface area contributed by atoms with Crippen LogP contribution in [-0.4, -0.2) is 40.8 Å². The first kappa shape index (κ1) is 22.5. The van der Waals surface area contributed by atoms with Crippen molar-refractivity contribution in [2.24, 2.45) is 10.9 Å². The van der Waals surface area contributed by atoms with E-state index in [2.05, 4.69) is 5.32 Å². The third kappa shape index (κ3) is 4.75. The molecule has 0 aromatic heterocycles. The third-order valence-corrected chi connectivity index (χ3v) is 6.40. The summed E-state index contributed by atoms with van der Waals surface area (Å²) >= 11 is 1.35. The van der Waals surface area contributed by atoms with E-state index in [1.54, 1.807) is 27.9 Å². The van der Waals surface area contributed by atoms with Gasteiger partial charge in [0.1, 0.15) is 11.4 Å². The normalized spacial score (nSPS) is 26.4. The van der Waals surface area contributed by atoms with Crippen LogP contribution in [0.25, 0.3) is 0 Å². The van der Waals surface area contributed by atoms with Crippen LogP contribution in [-0.2, 0) is 15.0 Å². The van der Waals surface area contributed by atoms with Crippen LogP contribution in [0, 0.1) is 21.8 Å². The van der Waals surface area contributed by atoms with Gasteiger partial charge in [-0.1, -0.05) is 11.8 Å². The number of ether oxygens (including phenoxy) is 2. The zero-order chi connectivity index (χ0) is 22.1. The molecule has 1 amide bonds. The van der Waals surface area contributed by atoms with Crippen LogP contribution in [0.4, 0.5) is 14.9 Å². The number of rotatable bonds is 3. The molecule has 1 fully saturated rings. The van der Waals surface area contributed by atoms with Crippen molar-refractivity contribution in [3.05, 3.63) is 39.7 Å². The highest BCUT2D eigenvalue weighted by molar-refractivity contribution is 8.13. The van der Waals surface area contributed by atoms with Crippen molar-refractivity contribution >= 4 is 28.7 Å². The van der Waals surface area contributed by atoms with Crippen LogP contribution >= 0.6 is 11.8 Å². The molecule has 2 aliphatic rings. The summed E-state index contributed by atoms with van der Waals surface area (Å²) in [6.07, 6.45) is 1.10. The van der Waals surface area contributed by atoms with E-state index in [0.717, 1.165) is 12.1 Å². The number of nitrogens with one attached hydrogen (secondary N) is 1. The molecular weight excluding hydrogens is 413 g/mol. The molecule has 30 heavy (non-hydrogen) atoms. The van der Waals surface area contributed by atoms with Crippen LogP contribution in [0.2, 0.25) is 0 Å². The zero-order valence-corrected chi connectivity index (χ0v) is 18.3. The lowest BCUT2D eigenvalue weighted by Gasteiger charge is -2.46. The Balaban J connectivity index is 2.02. The van der Waals surface area contributed by atoms with Crippen LogP contribution in [0.15, 0.2) is 23.2 Å². The van der Waals surface area contributed by atoms with Crippen molar-refractivity contribution < 1.29 is 23.6 Å². The quantitative estimate of drug-likeness (QED) is 0.554. The number of hydrogen-bond acceptors (Lipinski definition) is 7. The van der Waals surface area contributed by atoms with E-state index in [4.69, 9.17) is 14.5 Å². The fourth-order valence-corrected chi connectivity index (χ4v) is 5.16. The lowest BCUT2D eigenvalue weighted by atomic mass is 9.68. The molecule has 1 heterocycles. The molecule has 0 spiro atoms. The number of methoxy groups -OCH3 is 1. The van der Waals surface area contributed by atoms with Gasteiger partial charge in [-0.3, -0.25) is 20.4 Å². The number of amidine groups is 1. The molecule has 0 unspecified atom stereocenters. The maximum absolute atomic E-state index is 14.9. The molecular formula is C20H26FN3O5S. The molecule has 0 radical (unpaired) electrons. The van der Waals surface area contributed by atoms with Gasteiger partial charge in [0.15, 0.2) is 5.17 Å². The Morgan fingerprint density at radius 3 is 2.80 bits per heavy atom. The van der Waals surface area contributed by atoms with E-state index in [9.17, 15) is 19.3 Å². The van der Waals surface area contributed by atoms with Crippen molar-refractivity contribution in [1.82, 2.24) is 5.32 Å². The molecule has 0 bridgehead atoms. The average molecular weight is 440 g/mol. The molecule has 1 aromatic rings. The predicted molar refractivity (Wildman–Crippen MR) is 112 cm³/mol. The summed E-state index contributed by atoms with van der Waals surface area (Å²) in [5, 5.41) is 14.3. The van der Waals surface area contributed by atoms with E-state index >= 15 is 0 Å². The minimum Gasteiger partial charge on any atom is -0.444 e. The summed E-state index contributed by atoms with van der Waals surface area (Å²) in [6.45, 7) is 5.26. The molecule has 8 nitrogen and oxygen atoms in total. The summed E-state index contributed by atoms with van der Waals surface area (Å²) in [5.74, 6) is -0.0768. The van der Waals surface area contributed by atoms with Gasteiger partial charge < -0.3 is 9.47 Å². The van der Waals surface area contributed by atoms with Crippen molar-refractivity contribution in [3.63, 3.8) is 0 Å². The molecule has 1 aliphatic carbocycles. The van der Waals surface area contributed by atoms with Crippen molar-refractivity contribution in [2.75, 3.05) is 12.9 Å². The number of benzene rings is 1. The van der Waals surface area contributed by atoms with E-state index in [-0.39, 0.29) is 23.3 Å². The third-order valence-electron chi connectivity index (χ3n) is 5.36. The predicted octanol–water partition coefficient (Wildman–Crippen LogP) is 4.37. The summed E-state index contributed by atoms with van der Waals surface area (Å²) < 4.78 is 25.7. The van der Waals surface area contributed by atoms with Crippen LogP contribution in [0.3, 0.4) is 0 Å². The second kappa shape index (κ2) is 8.50. The van der Waals surface area contributed by atoms with Gasteiger partial charge in [-0.15, -0.1) is 0 Å². The van der Waals surface area contributed by atoms with Crippen LogP contribution < -0.4 is 5.32 Å². The van der Waals surface area contributed by atoms with E-state index in [1.165, 1.54) is 17.8 Å². The highest BCUT2D eigenvalue weighted by atomic mass is 32.2. The maximum Gasteiger partial charge on any atom is 0.413 e. The first-order valence-electron chi connectivity index (χ1n) is 9.74. The number of nitro benzene ring substituents is 1. The molecule has 10 heteroatoms. The standard InChI is InChI=1S/C20H26FN3O5S/c1-19(2,3)29-18(25)22-17-23-20(8-7-14(28-4)9-12(20)11-30-17)15-10-13(24(26)27)5-6-16(15)21/h5-6,10,12,14H,7-9,11H2,1-4H3,(H,22,23,25)/t12-,14-,20-/m0/s1. The smallest absolute Gasteiger partial charge is 0.413 e. The topological polar surface area (TPSA) is 103 Å². The molecule has 0 saturated heterocycles. The highest BCUT2D eigenvalue weighted by Gasteiger charge is 2.49. The van der Waals surface area contributed by atoms with Gasteiger partial charge in [0.05, 0.1) is 16.6 Å². The largest absolute Gasteiger partial charge is 0.444 e. The number of aliphatic imine (C=N–C) groups is 1. The minimum atomic E-state index is -1.01. The Hall–Kier alpha value is -2.20. The Bertz CT molecular complexity index is 872. The average Bonchev–Trinajstić information content (AvgIpc) is 2.66. The monoisotopic (exact) mass is 439 g/mol. The molecule has 1 aromatic carbocycles. The Labute approximate surface area is 178 Å². The van der Waals surface area contributed by atoms with Gasteiger partial charge in [0.2, 0.25) is 0 Å². The van der Waals surface area contributed by atoms with Gasteiger partial charge in [-0.2, -0.15) is 0 Å². The lowest BCUT2D eigenvalue weighted by Crippen LogP contribution is -2.48. The summed E-state index contributed by atoms with van der Waals surface area (Å²) in [5.41, 5.74) is -1.70. The molecule has 1 N–H and O–H groups in total. The van der Waals surface area contributed by atoms with Crippen LogP contribution in [0.1, 0.15) is 45.6 Å². The van der Waals surface area contributed by atoms with Gasteiger partial charge >= 0.3 is 6.09 Å². The Morgan fingerprint density at radius 2 is 2.17 bits per heavy atom. The van der Waals surface area contributed by atoms with Crippen molar-refractivity contribution in [3.8, 4) is 0 Å². The second-order valence-corrected chi connectivity index (χ2v) is 9.54. The maximum atomic E-state index is 14.9. The number of carbonyl (C=O) groups excluding carboxylic acids is 1. The van der Waals surface area contributed by atoms with Crippen molar-refractivity contribution in [2.45, 2.75) is 57.3 Å². The van der Waals surface area contributed by atoms with E-state index in [1.807, 2.05) is 0 Å². The highest BCUT2D eigenvalue weighted by Crippen LogP contribution is 2.50. The first-order valence-corrected chi connectivity index (χ1v) is 10.7. The SMILES string of the molecule is CO[C@H]1CC[C@]2(c3cc([N+](=O)[O-])ccc3F)N=C(NC(=O)OC(C)(C)C)SC[C@@H]2C1. The summed E-state index contributed by atoms with van der Waals surface area (Å²) in [7, 11) is 1.64. The molecule has 3 atom stereocenters. The number of fused-ring (bicyclic) bond motifs is 1. The lowest BCUT2D eigenvalue weighted by molar-refractivity contribution is -0.385. The van der Waals surface area contributed by atoms with E-state index in [0.29, 0.717) is 30.2 Å². The number of nitrogens with zero attached hydrogens (tertiary/aromatic N) is 2. The second-order valence-electron chi connectivity index (χ2n) is 8.53. The number of hydrogen-bond donors (Lipinski definition) is 1. The number of amides is 1. The van der Waals surface area contributed by atoms with Gasteiger partial charge in [-0.05, 0) is 46.1 Å². The number of halogens is 1. The van der Waals surface area contributed by atoms with Gasteiger partial charge in [0, 0.05) is 36.5 Å². The molecule has 1 saturated carbocycles. The van der Waals surface area contributed by atoms with Gasteiger partial charge in [0.25, 0.3) is 5.69 Å². The zero-order valence-electron chi connectivity index (χ0n) is 17.4. The molecule has 164 valence electrons. The fraction of sp³-hybridized carbons (Fsp3) is 0.600. The fourth-order valence-electron chi connectivity index (χ4n) is 4.00. The number of nitro groups is 1. The van der Waals surface area contributed by atoms with E-state index < -0.39 is 28.0 Å². The minimum absolute atomic E-state index is 0.0149. The first-order chi connectivity index (χ1) is 14.0. The molecule has 1 aliphatic heterocycles. The van der Waals surface area contributed by atoms with Crippen molar-refractivity contribution in [1.29, 1.82) is 0 Å². The number of carbonyl (C=O) groups is 1. The number of alkyl carbamates (subject to hydrolysis) is 1. The molecule has 3 rings (SSSR count). The van der Waals surface area contributed by atoms with Gasteiger partial charge in [-0.25, -0.2) is 9.18 Å².